The smallest absolute Gasteiger partial charge is 0.118 e. The van der Waals surface area contributed by atoms with E-state index in [1.165, 1.54) is 0 Å². The summed E-state index contributed by atoms with van der Waals surface area (Å²) >= 11 is 0. The van der Waals surface area contributed by atoms with Gasteiger partial charge in [0.25, 0.3) is 0 Å². The topological polar surface area (TPSA) is 17.8 Å². The molecule has 0 spiro atoms. The third-order valence-corrected chi connectivity index (χ3v) is 1.41. The predicted octanol–water partition coefficient (Wildman–Crippen LogP) is 1.63. The van der Waals surface area contributed by atoms with Crippen LogP contribution in [0.2, 0.25) is 0 Å². The van der Waals surface area contributed by atoms with Gasteiger partial charge in [0.1, 0.15) is 6.17 Å². The van der Waals surface area contributed by atoms with Crippen molar-refractivity contribution < 1.29 is 4.39 Å². The second-order valence-electron chi connectivity index (χ2n) is 2.27. The summed E-state index contributed by atoms with van der Waals surface area (Å²) in [4.78, 5) is 3.81. The van der Waals surface area contributed by atoms with Crippen molar-refractivity contribution >= 4 is 0 Å². The molecule has 0 aliphatic carbocycles. The minimum atomic E-state index is -0.741. The molecule has 0 bridgehead atoms. The van der Waals surface area contributed by atoms with Gasteiger partial charge >= 0.3 is 0 Å². The van der Waals surface area contributed by atoms with E-state index < -0.39 is 6.17 Å². The Morgan fingerprint density at radius 3 is 3.00 bits per heavy atom. The van der Waals surface area contributed by atoms with Crippen molar-refractivity contribution in [1.29, 1.82) is 0 Å². The Hall–Kier alpha value is -0.860. The number of nitrogens with zero attached hydrogens (tertiary/aromatic N) is 2. The summed E-state index contributed by atoms with van der Waals surface area (Å²) in [6.07, 6.45) is 4.87. The molecule has 1 aromatic rings. The molecule has 1 heterocycles. The lowest BCUT2D eigenvalue weighted by Crippen LogP contribution is -2.08. The monoisotopic (exact) mass is 142 g/mol. The summed E-state index contributed by atoms with van der Waals surface area (Å²) in [6.45, 7) is 2.26. The van der Waals surface area contributed by atoms with E-state index in [2.05, 4.69) is 4.98 Å². The van der Waals surface area contributed by atoms with Crippen LogP contribution in [0.1, 0.15) is 13.3 Å². The molecule has 0 radical (unpaired) electrons. The van der Waals surface area contributed by atoms with Crippen LogP contribution in [0.25, 0.3) is 0 Å². The van der Waals surface area contributed by atoms with Gasteiger partial charge in [-0.05, 0) is 6.42 Å². The molecule has 0 amide bonds. The highest BCUT2D eigenvalue weighted by Gasteiger charge is 2.01. The minimum Gasteiger partial charge on any atom is -0.335 e. The van der Waals surface area contributed by atoms with Crippen molar-refractivity contribution in [3.8, 4) is 0 Å². The summed E-state index contributed by atoms with van der Waals surface area (Å²) in [6, 6.07) is 0. The molecule has 1 atom stereocenters. The maximum Gasteiger partial charge on any atom is 0.118 e. The Kier molecular flexibility index (Phi) is 2.42. The molecular weight excluding hydrogens is 131 g/mol. The number of hydrogen-bond donors (Lipinski definition) is 0. The fourth-order valence-electron chi connectivity index (χ4n) is 0.753. The van der Waals surface area contributed by atoms with E-state index in [1.807, 2.05) is 6.92 Å². The van der Waals surface area contributed by atoms with Gasteiger partial charge in [-0.1, -0.05) is 6.92 Å². The molecule has 0 aromatic carbocycles. The maximum atomic E-state index is 12.6. The summed E-state index contributed by atoms with van der Waals surface area (Å²) in [5.41, 5.74) is 0. The Morgan fingerprint density at radius 2 is 2.50 bits per heavy atom. The van der Waals surface area contributed by atoms with Gasteiger partial charge in [-0.15, -0.1) is 0 Å². The second kappa shape index (κ2) is 3.34. The van der Waals surface area contributed by atoms with Crippen LogP contribution in [0, 0.1) is 0 Å². The Morgan fingerprint density at radius 1 is 1.70 bits per heavy atom. The average Bonchev–Trinajstić information content (AvgIpc) is 2.40. The van der Waals surface area contributed by atoms with Crippen LogP contribution >= 0.6 is 0 Å². The number of imidazole rings is 1. The highest BCUT2D eigenvalue weighted by atomic mass is 19.1. The molecule has 0 fully saturated rings. The fraction of sp³-hybridized carbons (Fsp3) is 0.571. The highest BCUT2D eigenvalue weighted by Crippen LogP contribution is 2.00. The van der Waals surface area contributed by atoms with Crippen LogP contribution in [-0.2, 0) is 6.54 Å². The van der Waals surface area contributed by atoms with E-state index in [0.717, 1.165) is 0 Å². The second-order valence-corrected chi connectivity index (χ2v) is 2.27. The number of hydrogen-bond acceptors (Lipinski definition) is 1. The molecule has 0 N–H and O–H groups in total. The zero-order valence-electron chi connectivity index (χ0n) is 6.00. The molecule has 0 saturated heterocycles. The van der Waals surface area contributed by atoms with Gasteiger partial charge in [-0.3, -0.25) is 0 Å². The van der Waals surface area contributed by atoms with E-state index in [9.17, 15) is 4.39 Å². The summed E-state index contributed by atoms with van der Waals surface area (Å²) in [5.74, 6) is 0. The van der Waals surface area contributed by atoms with Crippen LogP contribution < -0.4 is 0 Å². The largest absolute Gasteiger partial charge is 0.335 e. The van der Waals surface area contributed by atoms with Crippen LogP contribution in [0.3, 0.4) is 0 Å². The van der Waals surface area contributed by atoms with E-state index >= 15 is 0 Å². The molecule has 0 aliphatic rings. The molecule has 0 aliphatic heterocycles. The zero-order valence-corrected chi connectivity index (χ0v) is 6.00. The van der Waals surface area contributed by atoms with Gasteiger partial charge in [0.05, 0.1) is 12.9 Å². The third kappa shape index (κ3) is 1.83. The van der Waals surface area contributed by atoms with Crippen molar-refractivity contribution in [1.82, 2.24) is 9.55 Å². The zero-order chi connectivity index (χ0) is 7.40. The van der Waals surface area contributed by atoms with Crippen molar-refractivity contribution in [2.75, 3.05) is 0 Å². The number of aromatic nitrogens is 2. The van der Waals surface area contributed by atoms with Crippen LogP contribution in [0.5, 0.6) is 0 Å². The Balaban J connectivity index is 2.40. The van der Waals surface area contributed by atoms with Crippen molar-refractivity contribution in [2.24, 2.45) is 0 Å². The number of alkyl halides is 1. The molecule has 1 aromatic heterocycles. The summed E-state index contributed by atoms with van der Waals surface area (Å²) in [7, 11) is 0. The van der Waals surface area contributed by atoms with Gasteiger partial charge in [0.15, 0.2) is 0 Å². The van der Waals surface area contributed by atoms with Crippen molar-refractivity contribution in [2.45, 2.75) is 26.1 Å². The summed E-state index contributed by atoms with van der Waals surface area (Å²) < 4.78 is 14.4. The highest BCUT2D eigenvalue weighted by molar-refractivity contribution is 4.75. The van der Waals surface area contributed by atoms with Gasteiger partial charge < -0.3 is 4.57 Å². The molecule has 0 saturated carbocycles. The van der Waals surface area contributed by atoms with Crippen LogP contribution in [-0.4, -0.2) is 15.7 Å². The van der Waals surface area contributed by atoms with E-state index in [-0.39, 0.29) is 0 Å². The van der Waals surface area contributed by atoms with Crippen molar-refractivity contribution in [3.63, 3.8) is 0 Å². The van der Waals surface area contributed by atoms with E-state index in [1.54, 1.807) is 23.3 Å². The van der Waals surface area contributed by atoms with Gasteiger partial charge in [-0.2, -0.15) is 0 Å². The van der Waals surface area contributed by atoms with Gasteiger partial charge in [0, 0.05) is 12.4 Å². The van der Waals surface area contributed by atoms with Gasteiger partial charge in [0.2, 0.25) is 0 Å². The van der Waals surface area contributed by atoms with E-state index in [4.69, 9.17) is 0 Å². The van der Waals surface area contributed by atoms with Crippen LogP contribution in [0.4, 0.5) is 4.39 Å². The molecule has 56 valence electrons. The summed E-state index contributed by atoms with van der Waals surface area (Å²) in [5, 5.41) is 0. The maximum absolute atomic E-state index is 12.6. The van der Waals surface area contributed by atoms with Gasteiger partial charge in [-0.25, -0.2) is 9.37 Å². The quantitative estimate of drug-likeness (QED) is 0.627. The Bertz CT molecular complexity index is 172. The first-order chi connectivity index (χ1) is 4.83. The predicted molar refractivity (Wildman–Crippen MR) is 37.4 cm³/mol. The molecule has 3 heteroatoms. The number of halogens is 1. The third-order valence-electron chi connectivity index (χ3n) is 1.41. The normalized spacial score (nSPS) is 13.4. The average molecular weight is 142 g/mol. The Labute approximate surface area is 59.7 Å². The minimum absolute atomic E-state index is 0.427. The first-order valence-corrected chi connectivity index (χ1v) is 3.42. The lowest BCUT2D eigenvalue weighted by Gasteiger charge is -2.04. The van der Waals surface area contributed by atoms with Crippen molar-refractivity contribution in [3.05, 3.63) is 18.7 Å². The fourth-order valence-corrected chi connectivity index (χ4v) is 0.753. The molecular formula is C7H11FN2. The van der Waals surface area contributed by atoms with E-state index in [0.29, 0.717) is 13.0 Å². The first kappa shape index (κ1) is 7.25. The standard InChI is InChI=1S/C7H11FN2/c1-2-7(8)5-10-4-3-9-6-10/h3-4,6-7H,2,5H2,1H3. The molecule has 10 heavy (non-hydrogen) atoms. The SMILES string of the molecule is CCC(F)Cn1ccnc1. The lowest BCUT2D eigenvalue weighted by atomic mass is 10.3. The van der Waals surface area contributed by atoms with Crippen LogP contribution in [0.15, 0.2) is 18.7 Å². The molecule has 2 nitrogen and oxygen atoms in total. The number of rotatable bonds is 3. The lowest BCUT2D eigenvalue weighted by molar-refractivity contribution is 0.287. The molecule has 1 unspecified atom stereocenters. The molecule has 1 rings (SSSR count). The first-order valence-electron chi connectivity index (χ1n) is 3.42.